The van der Waals surface area contributed by atoms with Crippen molar-refractivity contribution in [1.82, 2.24) is 34.7 Å². The molecule has 0 bridgehead atoms. The Kier molecular flexibility index (Phi) is 4.51. The van der Waals surface area contributed by atoms with E-state index < -0.39 is 0 Å². The van der Waals surface area contributed by atoms with Gasteiger partial charge in [0.1, 0.15) is 5.82 Å². The maximum atomic E-state index is 12.6. The number of H-pyrrole nitrogens is 2. The number of amides is 1. The van der Waals surface area contributed by atoms with E-state index in [2.05, 4.69) is 25.3 Å². The lowest BCUT2D eigenvalue weighted by molar-refractivity contribution is -0.129. The first-order valence-corrected chi connectivity index (χ1v) is 9.25. The van der Waals surface area contributed by atoms with Crippen LogP contribution in [0.25, 0.3) is 5.78 Å². The Morgan fingerprint density at radius 3 is 2.93 bits per heavy atom. The molecule has 3 heterocycles. The van der Waals surface area contributed by atoms with Crippen LogP contribution in [-0.2, 0) is 30.6 Å². The maximum Gasteiger partial charge on any atom is 0.274 e. The van der Waals surface area contributed by atoms with Gasteiger partial charge in [0.2, 0.25) is 5.91 Å². The largest absolute Gasteiger partial charge is 0.339 e. The summed E-state index contributed by atoms with van der Waals surface area (Å²) in [4.78, 5) is 34.7. The molecule has 0 unspecified atom stereocenters. The number of aryl methyl sites for hydroxylation is 2. The SMILES string of the molecule is Cc1cc(=O)n2[nH]c(CC(=O)N(C)Cc3n[nH]c4c3CCCCC4)nc2n1. The average molecular weight is 369 g/mol. The third-order valence-corrected chi connectivity index (χ3v) is 5.03. The zero-order chi connectivity index (χ0) is 19.0. The van der Waals surface area contributed by atoms with Gasteiger partial charge < -0.3 is 4.90 Å². The topological polar surface area (TPSA) is 112 Å². The van der Waals surface area contributed by atoms with Gasteiger partial charge in [-0.15, -0.1) is 0 Å². The monoisotopic (exact) mass is 369 g/mol. The normalized spacial score (nSPS) is 14.1. The number of nitrogens with zero attached hydrogens (tertiary/aromatic N) is 5. The smallest absolute Gasteiger partial charge is 0.274 e. The van der Waals surface area contributed by atoms with E-state index in [1.165, 1.54) is 34.7 Å². The molecule has 1 aliphatic rings. The van der Waals surface area contributed by atoms with Crippen molar-refractivity contribution < 1.29 is 4.79 Å². The number of fused-ring (bicyclic) bond motifs is 2. The molecule has 0 fully saturated rings. The number of carbonyl (C=O) groups is 1. The maximum absolute atomic E-state index is 12.6. The van der Waals surface area contributed by atoms with Gasteiger partial charge in [-0.2, -0.15) is 14.6 Å². The van der Waals surface area contributed by atoms with Gasteiger partial charge in [0.15, 0.2) is 0 Å². The van der Waals surface area contributed by atoms with Gasteiger partial charge in [-0.1, -0.05) is 6.42 Å². The van der Waals surface area contributed by atoms with Crippen LogP contribution >= 0.6 is 0 Å². The van der Waals surface area contributed by atoms with Gasteiger partial charge in [-0.3, -0.25) is 19.8 Å². The summed E-state index contributed by atoms with van der Waals surface area (Å²) in [5.41, 5.74) is 3.78. The number of aromatic nitrogens is 6. The summed E-state index contributed by atoms with van der Waals surface area (Å²) in [5.74, 6) is 0.607. The molecule has 2 N–H and O–H groups in total. The second-order valence-corrected chi connectivity index (χ2v) is 7.16. The molecule has 3 aromatic heterocycles. The molecule has 3 aromatic rings. The van der Waals surface area contributed by atoms with Crippen LogP contribution in [0.15, 0.2) is 10.9 Å². The molecule has 4 rings (SSSR count). The first-order chi connectivity index (χ1) is 13.0. The Bertz CT molecular complexity index is 1050. The van der Waals surface area contributed by atoms with E-state index in [1.54, 1.807) is 18.9 Å². The Morgan fingerprint density at radius 1 is 1.26 bits per heavy atom. The molecule has 27 heavy (non-hydrogen) atoms. The molecular weight excluding hydrogens is 346 g/mol. The van der Waals surface area contributed by atoms with Crippen molar-refractivity contribution in [3.63, 3.8) is 0 Å². The highest BCUT2D eigenvalue weighted by Crippen LogP contribution is 2.22. The highest BCUT2D eigenvalue weighted by Gasteiger charge is 2.20. The molecule has 0 saturated carbocycles. The van der Waals surface area contributed by atoms with Crippen LogP contribution in [-0.4, -0.2) is 47.6 Å². The fraction of sp³-hybridized carbons (Fsp3) is 0.500. The average Bonchev–Trinajstić information content (AvgIpc) is 3.10. The van der Waals surface area contributed by atoms with Gasteiger partial charge in [0.25, 0.3) is 11.3 Å². The highest BCUT2D eigenvalue weighted by atomic mass is 16.2. The molecule has 142 valence electrons. The van der Waals surface area contributed by atoms with Crippen molar-refractivity contribution in [3.8, 4) is 0 Å². The Hall–Kier alpha value is -2.97. The number of likely N-dealkylation sites (N-methyl/N-ethyl adjacent to an activating group) is 1. The van der Waals surface area contributed by atoms with Crippen molar-refractivity contribution in [1.29, 1.82) is 0 Å². The molecule has 0 atom stereocenters. The predicted molar refractivity (Wildman–Crippen MR) is 98.4 cm³/mol. The number of hydrogen-bond acceptors (Lipinski definition) is 5. The van der Waals surface area contributed by atoms with E-state index in [0.29, 0.717) is 18.1 Å². The van der Waals surface area contributed by atoms with E-state index in [-0.39, 0.29) is 23.7 Å². The van der Waals surface area contributed by atoms with E-state index in [1.807, 2.05) is 0 Å². The van der Waals surface area contributed by atoms with Gasteiger partial charge in [-0.25, -0.2) is 4.98 Å². The lowest BCUT2D eigenvalue weighted by atomic mass is 10.1. The zero-order valence-electron chi connectivity index (χ0n) is 15.6. The molecule has 0 aromatic carbocycles. The quantitative estimate of drug-likeness (QED) is 0.664. The minimum Gasteiger partial charge on any atom is -0.339 e. The molecule has 1 aliphatic carbocycles. The summed E-state index contributed by atoms with van der Waals surface area (Å²) in [5, 5.41) is 10.4. The second-order valence-electron chi connectivity index (χ2n) is 7.16. The van der Waals surface area contributed by atoms with Crippen LogP contribution in [0.5, 0.6) is 0 Å². The van der Waals surface area contributed by atoms with Crippen LogP contribution in [0.1, 0.15) is 47.7 Å². The van der Waals surface area contributed by atoms with Crippen molar-refractivity contribution in [2.75, 3.05) is 7.05 Å². The zero-order valence-corrected chi connectivity index (χ0v) is 15.6. The summed E-state index contributed by atoms with van der Waals surface area (Å²) in [6.45, 7) is 2.20. The van der Waals surface area contributed by atoms with Crippen molar-refractivity contribution >= 4 is 11.7 Å². The molecule has 0 saturated heterocycles. The van der Waals surface area contributed by atoms with Crippen LogP contribution in [0.2, 0.25) is 0 Å². The first-order valence-electron chi connectivity index (χ1n) is 9.25. The highest BCUT2D eigenvalue weighted by molar-refractivity contribution is 5.77. The van der Waals surface area contributed by atoms with Gasteiger partial charge in [0.05, 0.1) is 18.7 Å². The molecule has 0 spiro atoms. The van der Waals surface area contributed by atoms with Gasteiger partial charge >= 0.3 is 0 Å². The van der Waals surface area contributed by atoms with E-state index in [9.17, 15) is 9.59 Å². The van der Waals surface area contributed by atoms with Crippen molar-refractivity contribution in [3.05, 3.63) is 44.9 Å². The standard InChI is InChI=1S/C18H23N7O2/c1-11-8-17(27)25-18(19-11)20-15(23-25)9-16(26)24(2)10-14-12-6-4-3-5-7-13(12)21-22-14/h8H,3-7,9-10H2,1-2H3,(H,21,22)(H,19,20,23). The fourth-order valence-corrected chi connectivity index (χ4v) is 3.56. The third kappa shape index (κ3) is 3.49. The molecule has 0 radical (unpaired) electrons. The van der Waals surface area contributed by atoms with E-state index in [4.69, 9.17) is 0 Å². The van der Waals surface area contributed by atoms with Crippen molar-refractivity contribution in [2.24, 2.45) is 0 Å². The van der Waals surface area contributed by atoms with Crippen molar-refractivity contribution in [2.45, 2.75) is 52.0 Å². The summed E-state index contributed by atoms with van der Waals surface area (Å²) >= 11 is 0. The summed E-state index contributed by atoms with van der Waals surface area (Å²) in [6.07, 6.45) is 5.70. The molecule has 9 nitrogen and oxygen atoms in total. The number of rotatable bonds is 4. The molecule has 9 heteroatoms. The Labute approximate surface area is 155 Å². The number of nitrogens with one attached hydrogen (secondary N) is 2. The van der Waals surface area contributed by atoms with E-state index >= 15 is 0 Å². The Balaban J connectivity index is 1.48. The van der Waals surface area contributed by atoms with Crippen LogP contribution in [0.4, 0.5) is 0 Å². The van der Waals surface area contributed by atoms with Gasteiger partial charge in [0, 0.05) is 24.5 Å². The lowest BCUT2D eigenvalue weighted by Crippen LogP contribution is -2.28. The lowest BCUT2D eigenvalue weighted by Gasteiger charge is -2.16. The predicted octanol–water partition coefficient (Wildman–Crippen LogP) is 0.919. The molecule has 1 amide bonds. The number of hydrogen-bond donors (Lipinski definition) is 2. The Morgan fingerprint density at radius 2 is 2.07 bits per heavy atom. The first kappa shape index (κ1) is 17.4. The third-order valence-electron chi connectivity index (χ3n) is 5.03. The molecule has 0 aliphatic heterocycles. The van der Waals surface area contributed by atoms with Gasteiger partial charge in [-0.05, 0) is 38.2 Å². The molecular formula is C18H23N7O2. The van der Waals surface area contributed by atoms with Crippen LogP contribution < -0.4 is 5.56 Å². The van der Waals surface area contributed by atoms with E-state index in [0.717, 1.165) is 25.0 Å². The number of carbonyl (C=O) groups excluding carboxylic acids is 1. The fourth-order valence-electron chi connectivity index (χ4n) is 3.56. The summed E-state index contributed by atoms with van der Waals surface area (Å²) in [7, 11) is 1.76. The second kappa shape index (κ2) is 6.98. The minimum atomic E-state index is -0.240. The minimum absolute atomic E-state index is 0.0744. The summed E-state index contributed by atoms with van der Waals surface area (Å²) in [6, 6.07) is 1.42. The van der Waals surface area contributed by atoms with Crippen LogP contribution in [0.3, 0.4) is 0 Å². The van der Waals surface area contributed by atoms with Crippen LogP contribution in [0, 0.1) is 6.92 Å². The summed E-state index contributed by atoms with van der Waals surface area (Å²) < 4.78 is 1.25. The number of aromatic amines is 2.